The number of amides is 2. The Morgan fingerprint density at radius 1 is 1.24 bits per heavy atom. The molecule has 1 rings (SSSR count). The zero-order valence-electron chi connectivity index (χ0n) is 9.50. The van der Waals surface area contributed by atoms with Gasteiger partial charge in [-0.2, -0.15) is 0 Å². The van der Waals surface area contributed by atoms with Crippen LogP contribution in [0.3, 0.4) is 0 Å². The maximum Gasteiger partial charge on any atom is 0.305 e. The van der Waals surface area contributed by atoms with Crippen LogP contribution < -0.4 is 0 Å². The van der Waals surface area contributed by atoms with E-state index in [1.54, 1.807) is 9.80 Å². The Labute approximate surface area is 98.9 Å². The highest BCUT2D eigenvalue weighted by Crippen LogP contribution is 2.00. The van der Waals surface area contributed by atoms with Crippen molar-refractivity contribution < 1.29 is 24.2 Å². The quantitative estimate of drug-likeness (QED) is 0.467. The molecular formula is C10H16N2O5. The summed E-state index contributed by atoms with van der Waals surface area (Å²) in [5.74, 6) is -1.11. The Kier molecular flexibility index (Phi) is 5.41. The summed E-state index contributed by atoms with van der Waals surface area (Å²) in [5.41, 5.74) is 0. The summed E-state index contributed by atoms with van der Waals surface area (Å²) in [7, 11) is 0. The van der Waals surface area contributed by atoms with Crippen LogP contribution in [-0.4, -0.2) is 72.6 Å². The summed E-state index contributed by atoms with van der Waals surface area (Å²) in [6, 6.07) is 0. The highest BCUT2D eigenvalue weighted by atomic mass is 16.5. The van der Waals surface area contributed by atoms with Crippen LogP contribution in [0.2, 0.25) is 0 Å². The first kappa shape index (κ1) is 13.4. The molecular weight excluding hydrogens is 228 g/mol. The maximum atomic E-state index is 11.6. The van der Waals surface area contributed by atoms with E-state index >= 15 is 0 Å². The van der Waals surface area contributed by atoms with Gasteiger partial charge in [-0.15, -0.1) is 0 Å². The first-order chi connectivity index (χ1) is 8.13. The normalized spacial score (nSPS) is 15.8. The molecule has 0 aliphatic carbocycles. The molecule has 0 aromatic carbocycles. The van der Waals surface area contributed by atoms with E-state index in [1.807, 2.05) is 0 Å². The number of carboxylic acids is 1. The predicted octanol–water partition coefficient (Wildman–Crippen LogP) is -1.22. The molecule has 96 valence electrons. The lowest BCUT2D eigenvalue weighted by atomic mass is 10.3. The molecule has 7 nitrogen and oxygen atoms in total. The first-order valence-electron chi connectivity index (χ1n) is 5.40. The first-order valence-corrected chi connectivity index (χ1v) is 5.40. The summed E-state index contributed by atoms with van der Waals surface area (Å²) in [4.78, 5) is 35.5. The van der Waals surface area contributed by atoms with Gasteiger partial charge in [0.2, 0.25) is 12.3 Å². The Morgan fingerprint density at radius 3 is 2.41 bits per heavy atom. The number of ether oxygens (including phenoxy) is 1. The van der Waals surface area contributed by atoms with Gasteiger partial charge < -0.3 is 19.6 Å². The number of piperazine rings is 1. The van der Waals surface area contributed by atoms with Crippen molar-refractivity contribution in [3.63, 3.8) is 0 Å². The van der Waals surface area contributed by atoms with E-state index in [0.29, 0.717) is 26.2 Å². The molecule has 2 amide bonds. The predicted molar refractivity (Wildman–Crippen MR) is 57.3 cm³/mol. The van der Waals surface area contributed by atoms with Crippen LogP contribution in [0.5, 0.6) is 0 Å². The standard InChI is InChI=1S/C10H16N2O5/c13-8-11-2-4-12(5-3-11)9(14)7-17-6-1-10(15)16/h8H,1-7H2,(H,15,16). The number of carbonyl (C=O) groups is 3. The van der Waals surface area contributed by atoms with E-state index < -0.39 is 5.97 Å². The molecule has 0 unspecified atom stereocenters. The molecule has 1 fully saturated rings. The van der Waals surface area contributed by atoms with Crippen LogP contribution in [0.4, 0.5) is 0 Å². The van der Waals surface area contributed by atoms with Crippen molar-refractivity contribution in [2.45, 2.75) is 6.42 Å². The smallest absolute Gasteiger partial charge is 0.305 e. The van der Waals surface area contributed by atoms with Gasteiger partial charge in [0.15, 0.2) is 0 Å². The highest BCUT2D eigenvalue weighted by Gasteiger charge is 2.19. The fourth-order valence-corrected chi connectivity index (χ4v) is 1.49. The summed E-state index contributed by atoms with van der Waals surface area (Å²) in [5, 5.41) is 8.37. The number of carbonyl (C=O) groups excluding carboxylic acids is 2. The average Bonchev–Trinajstić information content (AvgIpc) is 2.34. The largest absolute Gasteiger partial charge is 0.481 e. The summed E-state index contributed by atoms with van der Waals surface area (Å²) < 4.78 is 4.96. The zero-order chi connectivity index (χ0) is 12.7. The third-order valence-corrected chi connectivity index (χ3v) is 2.50. The van der Waals surface area contributed by atoms with Gasteiger partial charge in [-0.1, -0.05) is 0 Å². The van der Waals surface area contributed by atoms with Gasteiger partial charge >= 0.3 is 5.97 Å². The molecule has 0 bridgehead atoms. The van der Waals surface area contributed by atoms with Crippen molar-refractivity contribution in [2.75, 3.05) is 39.4 Å². The van der Waals surface area contributed by atoms with E-state index in [1.165, 1.54) is 0 Å². The second kappa shape index (κ2) is 6.85. The second-order valence-corrected chi connectivity index (χ2v) is 3.72. The molecule has 1 N–H and O–H groups in total. The zero-order valence-corrected chi connectivity index (χ0v) is 9.50. The average molecular weight is 244 g/mol. The Morgan fingerprint density at radius 2 is 1.88 bits per heavy atom. The molecule has 0 aromatic rings. The molecule has 1 aliphatic rings. The lowest BCUT2D eigenvalue weighted by Gasteiger charge is -2.32. The van der Waals surface area contributed by atoms with Gasteiger partial charge in [0.05, 0.1) is 13.0 Å². The fraction of sp³-hybridized carbons (Fsp3) is 0.700. The van der Waals surface area contributed by atoms with Gasteiger partial charge in [-0.3, -0.25) is 14.4 Å². The second-order valence-electron chi connectivity index (χ2n) is 3.72. The van der Waals surface area contributed by atoms with Crippen molar-refractivity contribution in [1.29, 1.82) is 0 Å². The molecule has 1 aliphatic heterocycles. The number of nitrogens with zero attached hydrogens (tertiary/aromatic N) is 2. The molecule has 1 saturated heterocycles. The topological polar surface area (TPSA) is 87.2 Å². The van der Waals surface area contributed by atoms with Crippen LogP contribution in [0.1, 0.15) is 6.42 Å². The molecule has 0 spiro atoms. The summed E-state index contributed by atoms with van der Waals surface area (Å²) >= 11 is 0. The Balaban J connectivity index is 2.16. The van der Waals surface area contributed by atoms with Crippen molar-refractivity contribution in [3.8, 4) is 0 Å². The van der Waals surface area contributed by atoms with E-state index in [9.17, 15) is 14.4 Å². The molecule has 0 aromatic heterocycles. The molecule has 0 saturated carbocycles. The summed E-state index contributed by atoms with van der Waals surface area (Å²) in [6.07, 6.45) is 0.664. The number of carboxylic acid groups (broad SMARTS) is 1. The van der Waals surface area contributed by atoms with E-state index in [2.05, 4.69) is 0 Å². The molecule has 1 heterocycles. The van der Waals surface area contributed by atoms with Gasteiger partial charge in [0, 0.05) is 26.2 Å². The van der Waals surface area contributed by atoms with Gasteiger partial charge in [0.25, 0.3) is 0 Å². The monoisotopic (exact) mass is 244 g/mol. The summed E-state index contributed by atoms with van der Waals surface area (Å²) in [6.45, 7) is 2.00. The minimum atomic E-state index is -0.947. The van der Waals surface area contributed by atoms with Crippen LogP contribution >= 0.6 is 0 Å². The number of aliphatic carboxylic acids is 1. The van der Waals surface area contributed by atoms with Crippen LogP contribution in [0, 0.1) is 0 Å². The van der Waals surface area contributed by atoms with Crippen molar-refractivity contribution >= 4 is 18.3 Å². The number of hydrogen-bond donors (Lipinski definition) is 1. The van der Waals surface area contributed by atoms with Crippen LogP contribution in [0.25, 0.3) is 0 Å². The van der Waals surface area contributed by atoms with E-state index in [-0.39, 0.29) is 25.5 Å². The van der Waals surface area contributed by atoms with Crippen molar-refractivity contribution in [3.05, 3.63) is 0 Å². The fourth-order valence-electron chi connectivity index (χ4n) is 1.49. The van der Waals surface area contributed by atoms with E-state index in [4.69, 9.17) is 9.84 Å². The lowest BCUT2D eigenvalue weighted by Crippen LogP contribution is -2.49. The number of rotatable bonds is 6. The van der Waals surface area contributed by atoms with Crippen molar-refractivity contribution in [1.82, 2.24) is 9.80 Å². The SMILES string of the molecule is O=CN1CCN(C(=O)COCCC(=O)O)CC1. The molecule has 17 heavy (non-hydrogen) atoms. The minimum Gasteiger partial charge on any atom is -0.481 e. The third kappa shape index (κ3) is 4.81. The molecule has 7 heteroatoms. The van der Waals surface area contributed by atoms with Crippen LogP contribution in [-0.2, 0) is 19.1 Å². The highest BCUT2D eigenvalue weighted by molar-refractivity contribution is 5.77. The maximum absolute atomic E-state index is 11.6. The molecule has 0 atom stereocenters. The minimum absolute atomic E-state index is 0.0371. The van der Waals surface area contributed by atoms with Crippen LogP contribution in [0.15, 0.2) is 0 Å². The number of hydrogen-bond acceptors (Lipinski definition) is 4. The van der Waals surface area contributed by atoms with E-state index in [0.717, 1.165) is 6.41 Å². The van der Waals surface area contributed by atoms with Gasteiger partial charge in [-0.05, 0) is 0 Å². The molecule has 0 radical (unpaired) electrons. The van der Waals surface area contributed by atoms with Gasteiger partial charge in [0.1, 0.15) is 6.61 Å². The Bertz CT molecular complexity index is 286. The lowest BCUT2D eigenvalue weighted by molar-refractivity contribution is -0.142. The Hall–Kier alpha value is -1.63. The van der Waals surface area contributed by atoms with Gasteiger partial charge in [-0.25, -0.2) is 0 Å². The third-order valence-electron chi connectivity index (χ3n) is 2.50. The van der Waals surface area contributed by atoms with Crippen molar-refractivity contribution in [2.24, 2.45) is 0 Å².